The van der Waals surface area contributed by atoms with Crippen LogP contribution in [0, 0.1) is 12.8 Å². The molecule has 0 bridgehead atoms. The third-order valence-corrected chi connectivity index (χ3v) is 6.92. The van der Waals surface area contributed by atoms with Crippen molar-refractivity contribution >= 4 is 36.4 Å². The topological polar surface area (TPSA) is 35.9 Å². The van der Waals surface area contributed by atoms with Gasteiger partial charge < -0.3 is 4.90 Å². The van der Waals surface area contributed by atoms with Crippen LogP contribution in [0.2, 0.25) is 5.02 Å². The van der Waals surface area contributed by atoms with Gasteiger partial charge in [-0.25, -0.2) is 0 Å². The van der Waals surface area contributed by atoms with Crippen LogP contribution < -0.4 is 0 Å². The molecule has 0 unspecified atom stereocenters. The van der Waals surface area contributed by atoms with E-state index in [2.05, 4.69) is 29.4 Å². The van der Waals surface area contributed by atoms with Gasteiger partial charge in [-0.2, -0.15) is 0 Å². The van der Waals surface area contributed by atoms with Crippen LogP contribution in [0.3, 0.4) is 0 Å². The molecule has 0 N–H and O–H groups in total. The molecule has 0 radical (unpaired) electrons. The average Bonchev–Trinajstić information content (AvgIpc) is 3.57. The van der Waals surface area contributed by atoms with E-state index in [0.717, 1.165) is 43.0 Å². The van der Waals surface area contributed by atoms with Gasteiger partial charge >= 0.3 is 0 Å². The van der Waals surface area contributed by atoms with Crippen molar-refractivity contribution in [3.05, 3.63) is 45.0 Å². The van der Waals surface area contributed by atoms with E-state index < -0.39 is 0 Å². The van der Waals surface area contributed by atoms with E-state index in [1.165, 1.54) is 32.4 Å². The predicted molar refractivity (Wildman–Crippen MR) is 130 cm³/mol. The summed E-state index contributed by atoms with van der Waals surface area (Å²) in [6.45, 7) is 10.1. The molecule has 2 fully saturated rings. The number of hydrogen-bond acceptors (Lipinski definition) is 4. The van der Waals surface area contributed by atoms with Crippen molar-refractivity contribution in [1.29, 1.82) is 0 Å². The molecule has 6 heteroatoms. The number of carbonyl (C=O) groups is 1. The van der Waals surface area contributed by atoms with Crippen LogP contribution >= 0.6 is 24.2 Å². The molecule has 0 aromatic heterocycles. The molecule has 0 spiro atoms. The van der Waals surface area contributed by atoms with Gasteiger partial charge in [0.2, 0.25) is 0 Å². The van der Waals surface area contributed by atoms with Gasteiger partial charge in [0.05, 0.1) is 10.6 Å². The molecule has 1 aromatic carbocycles. The minimum Gasteiger partial charge on any atom is -0.338 e. The van der Waals surface area contributed by atoms with Gasteiger partial charge in [-0.05, 0) is 70.5 Å². The Morgan fingerprint density at radius 3 is 2.63 bits per heavy atom. The molecule has 2 aliphatic rings. The summed E-state index contributed by atoms with van der Waals surface area (Å²) in [6.07, 6.45) is 7.76. The zero-order valence-electron chi connectivity index (χ0n) is 18.4. The van der Waals surface area contributed by atoms with E-state index in [4.69, 9.17) is 11.6 Å². The van der Waals surface area contributed by atoms with E-state index >= 15 is 0 Å². The summed E-state index contributed by atoms with van der Waals surface area (Å²) in [5.41, 5.74) is 2.58. The number of aliphatic imine (C=N–C) groups is 1. The lowest BCUT2D eigenvalue weighted by Crippen LogP contribution is -2.47. The third-order valence-electron chi connectivity index (χ3n) is 6.06. The van der Waals surface area contributed by atoms with Crippen molar-refractivity contribution in [3.63, 3.8) is 0 Å². The Labute approximate surface area is 191 Å². The number of aryl methyl sites for hydroxylation is 1. The lowest BCUT2D eigenvalue weighted by atomic mass is 10.0. The molecule has 3 rings (SSSR count). The maximum absolute atomic E-state index is 12.9. The lowest BCUT2D eigenvalue weighted by Gasteiger charge is -2.38. The zero-order valence-corrected chi connectivity index (χ0v) is 20.1. The molecule has 1 saturated carbocycles. The van der Waals surface area contributed by atoms with E-state index in [0.29, 0.717) is 21.7 Å². The quantitative estimate of drug-likeness (QED) is 0.331. The standard InChI is InChI=1S/C24H34ClN3OS/c1-4-11-28(16-19-6-7-19)21-9-12-27(13-10-21)24(29)23(30)18(3)26-15-20-14-17(2)5-8-22(20)25/h5,8,14-15,19,21,30H,4,6-7,9-13,16H2,1-3H3/b23-18-,26-15?. The molecule has 1 heterocycles. The highest BCUT2D eigenvalue weighted by molar-refractivity contribution is 7.85. The number of hydrogen-bond donors (Lipinski definition) is 1. The van der Waals surface area contributed by atoms with E-state index in [-0.39, 0.29) is 5.91 Å². The smallest absolute Gasteiger partial charge is 0.261 e. The molecule has 164 valence electrons. The van der Waals surface area contributed by atoms with Crippen molar-refractivity contribution in [2.24, 2.45) is 10.9 Å². The molecule has 1 aromatic rings. The van der Waals surface area contributed by atoms with Crippen LogP contribution in [-0.2, 0) is 4.79 Å². The van der Waals surface area contributed by atoms with Crippen molar-refractivity contribution in [1.82, 2.24) is 9.80 Å². The van der Waals surface area contributed by atoms with Crippen LogP contribution in [0.4, 0.5) is 0 Å². The Morgan fingerprint density at radius 2 is 2.00 bits per heavy atom. The fourth-order valence-corrected chi connectivity index (χ4v) is 4.44. The Kier molecular flexibility index (Phi) is 8.44. The van der Waals surface area contributed by atoms with Crippen LogP contribution in [0.15, 0.2) is 33.8 Å². The number of thiol groups is 1. The number of benzene rings is 1. The number of likely N-dealkylation sites (tertiary alicyclic amines) is 1. The van der Waals surface area contributed by atoms with Gasteiger partial charge in [0.1, 0.15) is 0 Å². The van der Waals surface area contributed by atoms with Crippen LogP contribution in [-0.4, -0.2) is 54.1 Å². The Balaban J connectivity index is 1.59. The molecule has 0 atom stereocenters. The number of carbonyl (C=O) groups excluding carboxylic acids is 1. The predicted octanol–water partition coefficient (Wildman–Crippen LogP) is 5.34. The largest absolute Gasteiger partial charge is 0.338 e. The first-order valence-electron chi connectivity index (χ1n) is 11.1. The SMILES string of the molecule is CCCN(CC1CC1)C1CCN(C(=O)/C(S)=C(\C)N=Cc2cc(C)ccc2Cl)CC1. The van der Waals surface area contributed by atoms with Gasteiger partial charge in [-0.3, -0.25) is 14.7 Å². The first kappa shape index (κ1) is 23.4. The molecule has 1 amide bonds. The number of amides is 1. The molecule has 1 saturated heterocycles. The van der Waals surface area contributed by atoms with Gasteiger partial charge in [0, 0.05) is 42.5 Å². The van der Waals surface area contributed by atoms with E-state index in [1.807, 2.05) is 36.9 Å². The van der Waals surface area contributed by atoms with Gasteiger partial charge in [0.15, 0.2) is 0 Å². The van der Waals surface area contributed by atoms with Crippen molar-refractivity contribution < 1.29 is 4.79 Å². The van der Waals surface area contributed by atoms with Crippen molar-refractivity contribution in [2.45, 2.75) is 58.9 Å². The molecule has 4 nitrogen and oxygen atoms in total. The minimum absolute atomic E-state index is 0.0222. The maximum Gasteiger partial charge on any atom is 0.261 e. The summed E-state index contributed by atoms with van der Waals surface area (Å²) in [6, 6.07) is 6.41. The van der Waals surface area contributed by atoms with Crippen LogP contribution in [0.25, 0.3) is 0 Å². The fourth-order valence-electron chi connectivity index (χ4n) is 4.07. The van der Waals surface area contributed by atoms with Crippen molar-refractivity contribution in [3.8, 4) is 0 Å². The van der Waals surface area contributed by atoms with Crippen LogP contribution in [0.1, 0.15) is 57.1 Å². The molecule has 1 aliphatic heterocycles. The zero-order chi connectivity index (χ0) is 21.7. The molecular formula is C24H34ClN3OS. The first-order chi connectivity index (χ1) is 14.4. The first-order valence-corrected chi connectivity index (χ1v) is 11.9. The third kappa shape index (κ3) is 6.35. The second-order valence-electron chi connectivity index (χ2n) is 8.68. The molecule has 30 heavy (non-hydrogen) atoms. The van der Waals surface area contributed by atoms with E-state index in [1.54, 1.807) is 6.21 Å². The summed E-state index contributed by atoms with van der Waals surface area (Å²) in [5.74, 6) is 0.886. The summed E-state index contributed by atoms with van der Waals surface area (Å²) < 4.78 is 0. The normalized spacial score (nSPS) is 18.9. The number of allylic oxidation sites excluding steroid dienone is 1. The van der Waals surface area contributed by atoms with Crippen LogP contribution in [0.5, 0.6) is 0 Å². The summed E-state index contributed by atoms with van der Waals surface area (Å²) in [7, 11) is 0. The highest BCUT2D eigenvalue weighted by atomic mass is 35.5. The monoisotopic (exact) mass is 447 g/mol. The molecule has 1 aliphatic carbocycles. The van der Waals surface area contributed by atoms with E-state index in [9.17, 15) is 4.79 Å². The Bertz CT molecular complexity index is 811. The highest BCUT2D eigenvalue weighted by Gasteiger charge is 2.31. The molecular weight excluding hydrogens is 414 g/mol. The summed E-state index contributed by atoms with van der Waals surface area (Å²) in [5, 5.41) is 0.647. The second-order valence-corrected chi connectivity index (χ2v) is 9.53. The number of piperidine rings is 1. The van der Waals surface area contributed by atoms with Gasteiger partial charge in [0.25, 0.3) is 5.91 Å². The number of halogens is 1. The second kappa shape index (κ2) is 10.8. The van der Waals surface area contributed by atoms with Gasteiger partial charge in [-0.15, -0.1) is 12.6 Å². The lowest BCUT2D eigenvalue weighted by molar-refractivity contribution is -0.128. The Hall–Kier alpha value is -1.30. The Morgan fingerprint density at radius 1 is 1.30 bits per heavy atom. The number of rotatable bonds is 8. The highest BCUT2D eigenvalue weighted by Crippen LogP contribution is 2.32. The number of nitrogens with zero attached hydrogens (tertiary/aromatic N) is 3. The van der Waals surface area contributed by atoms with Crippen molar-refractivity contribution in [2.75, 3.05) is 26.2 Å². The summed E-state index contributed by atoms with van der Waals surface area (Å²) >= 11 is 10.7. The summed E-state index contributed by atoms with van der Waals surface area (Å²) in [4.78, 5) is 22.4. The fraction of sp³-hybridized carbons (Fsp3) is 0.583. The minimum atomic E-state index is -0.0222. The average molecular weight is 448 g/mol. The maximum atomic E-state index is 12.9. The van der Waals surface area contributed by atoms with Gasteiger partial charge in [-0.1, -0.05) is 30.2 Å².